The number of benzene rings is 2. The quantitative estimate of drug-likeness (QED) is 0.640. The Kier molecular flexibility index (Phi) is 5.30. The van der Waals surface area contributed by atoms with Gasteiger partial charge in [-0.15, -0.1) is 22.0 Å². The van der Waals surface area contributed by atoms with Crippen LogP contribution in [0.4, 0.5) is 10.1 Å². The number of aromatic nitrogens is 2. The molecule has 0 aliphatic carbocycles. The Hall–Kier alpha value is -3.20. The summed E-state index contributed by atoms with van der Waals surface area (Å²) in [6.07, 6.45) is -0.365. The van der Waals surface area contributed by atoms with E-state index in [1.807, 2.05) is 0 Å². The van der Waals surface area contributed by atoms with E-state index in [1.165, 1.54) is 24.3 Å². The summed E-state index contributed by atoms with van der Waals surface area (Å²) in [5.41, 5.74) is 1.45. The van der Waals surface area contributed by atoms with E-state index in [9.17, 15) is 14.0 Å². The molecule has 0 fully saturated rings. The Balaban J connectivity index is 1.47. The van der Waals surface area contributed by atoms with E-state index >= 15 is 0 Å². The first-order valence-corrected chi connectivity index (χ1v) is 9.85. The molecule has 0 radical (unpaired) electrons. The molecule has 7 nitrogen and oxygen atoms in total. The highest BCUT2D eigenvalue weighted by molar-refractivity contribution is 7.99. The monoisotopic (exact) mass is 413 g/mol. The fourth-order valence-electron chi connectivity index (χ4n) is 2.73. The molecule has 1 atom stereocenters. The topological polar surface area (TPSA) is 94.3 Å². The molecule has 2 aromatic carbocycles. The maximum atomic E-state index is 13.0. The van der Waals surface area contributed by atoms with Crippen LogP contribution in [0.1, 0.15) is 35.7 Å². The second kappa shape index (κ2) is 8.04. The Morgan fingerprint density at radius 3 is 2.83 bits per heavy atom. The van der Waals surface area contributed by atoms with Crippen LogP contribution in [0, 0.1) is 5.82 Å². The predicted molar refractivity (Wildman–Crippen MR) is 104 cm³/mol. The number of carbonyl (C=O) groups is 2. The minimum atomic E-state index is -0.785. The molecule has 1 amide bonds. The number of nitrogens with zero attached hydrogens (tertiary/aromatic N) is 2. The largest absolute Gasteiger partial charge is 0.449 e. The van der Waals surface area contributed by atoms with E-state index in [-0.39, 0.29) is 23.5 Å². The molecule has 0 spiro atoms. The zero-order valence-corrected chi connectivity index (χ0v) is 16.2. The van der Waals surface area contributed by atoms with Gasteiger partial charge in [-0.05, 0) is 49.4 Å². The first kappa shape index (κ1) is 19.1. The first-order valence-electron chi connectivity index (χ1n) is 8.86. The van der Waals surface area contributed by atoms with E-state index in [1.54, 1.807) is 36.9 Å². The van der Waals surface area contributed by atoms with Crippen LogP contribution in [-0.4, -0.2) is 27.8 Å². The standard InChI is InChI=1S/C20H16FN3O4S/c1-11(18-23-24-19(28-18)12-2-5-14(21)6-3-12)27-20(26)13-4-7-16-15(10-13)22-17(25)8-9-29-16/h2-7,10-11H,8-9H2,1H3,(H,22,25)/t11-/m0/s1. The number of rotatable bonds is 4. The normalized spacial score (nSPS) is 14.5. The molecule has 4 rings (SSSR count). The number of carbonyl (C=O) groups excluding carboxylic acids is 2. The number of ether oxygens (including phenoxy) is 1. The minimum Gasteiger partial charge on any atom is -0.449 e. The van der Waals surface area contributed by atoms with Crippen LogP contribution in [0.2, 0.25) is 0 Å². The zero-order chi connectivity index (χ0) is 20.4. The van der Waals surface area contributed by atoms with Crippen molar-refractivity contribution < 1.29 is 23.1 Å². The number of thioether (sulfide) groups is 1. The van der Waals surface area contributed by atoms with Gasteiger partial charge < -0.3 is 14.5 Å². The summed E-state index contributed by atoms with van der Waals surface area (Å²) in [5.74, 6) is -0.0255. The van der Waals surface area contributed by atoms with Crippen molar-refractivity contribution in [3.63, 3.8) is 0 Å². The summed E-state index contributed by atoms with van der Waals surface area (Å²) >= 11 is 1.55. The molecule has 9 heteroatoms. The van der Waals surface area contributed by atoms with Gasteiger partial charge in [-0.3, -0.25) is 4.79 Å². The minimum absolute atomic E-state index is 0.0886. The van der Waals surface area contributed by atoms with Crippen molar-refractivity contribution in [2.45, 2.75) is 24.3 Å². The van der Waals surface area contributed by atoms with Gasteiger partial charge in [0.2, 0.25) is 11.8 Å². The summed E-state index contributed by atoms with van der Waals surface area (Å²) in [5, 5.41) is 10.6. The van der Waals surface area contributed by atoms with E-state index < -0.39 is 12.1 Å². The van der Waals surface area contributed by atoms with Gasteiger partial charge in [0, 0.05) is 22.6 Å². The number of nitrogens with one attached hydrogen (secondary N) is 1. The van der Waals surface area contributed by atoms with Gasteiger partial charge in [0.15, 0.2) is 6.10 Å². The predicted octanol–water partition coefficient (Wildman–Crippen LogP) is 4.23. The van der Waals surface area contributed by atoms with E-state index in [4.69, 9.17) is 9.15 Å². The number of hydrogen-bond acceptors (Lipinski definition) is 7. The second-order valence-corrected chi connectivity index (χ2v) is 7.49. The van der Waals surface area contributed by atoms with Crippen LogP contribution >= 0.6 is 11.8 Å². The molecule has 1 aliphatic heterocycles. The van der Waals surface area contributed by atoms with Gasteiger partial charge in [-0.1, -0.05) is 0 Å². The Bertz CT molecular complexity index is 1070. The van der Waals surface area contributed by atoms with E-state index in [0.717, 1.165) is 4.90 Å². The average Bonchev–Trinajstić information content (AvgIpc) is 3.12. The van der Waals surface area contributed by atoms with Gasteiger partial charge in [-0.25, -0.2) is 9.18 Å². The molecule has 1 N–H and O–H groups in total. The van der Waals surface area contributed by atoms with Crippen LogP contribution in [0.5, 0.6) is 0 Å². The van der Waals surface area contributed by atoms with Crippen molar-refractivity contribution in [3.8, 4) is 11.5 Å². The lowest BCUT2D eigenvalue weighted by Crippen LogP contribution is -2.12. The van der Waals surface area contributed by atoms with Crippen molar-refractivity contribution in [3.05, 3.63) is 59.7 Å². The van der Waals surface area contributed by atoms with Crippen molar-refractivity contribution >= 4 is 29.3 Å². The highest BCUT2D eigenvalue weighted by Crippen LogP contribution is 2.32. The highest BCUT2D eigenvalue weighted by atomic mass is 32.2. The molecule has 2 heterocycles. The fourth-order valence-corrected chi connectivity index (χ4v) is 3.67. The average molecular weight is 413 g/mol. The van der Waals surface area contributed by atoms with Gasteiger partial charge >= 0.3 is 5.97 Å². The summed E-state index contributed by atoms with van der Waals surface area (Å²) in [6.45, 7) is 1.61. The third kappa shape index (κ3) is 4.29. The van der Waals surface area contributed by atoms with Gasteiger partial charge in [0.05, 0.1) is 11.3 Å². The number of anilines is 1. The van der Waals surface area contributed by atoms with Gasteiger partial charge in [-0.2, -0.15) is 0 Å². The van der Waals surface area contributed by atoms with Gasteiger partial charge in [0.25, 0.3) is 5.89 Å². The van der Waals surface area contributed by atoms with Crippen LogP contribution < -0.4 is 5.32 Å². The lowest BCUT2D eigenvalue weighted by atomic mass is 10.2. The fraction of sp³-hybridized carbons (Fsp3) is 0.200. The van der Waals surface area contributed by atoms with Crippen LogP contribution in [0.3, 0.4) is 0 Å². The third-order valence-electron chi connectivity index (χ3n) is 4.24. The molecule has 1 aromatic heterocycles. The molecule has 0 saturated carbocycles. The van der Waals surface area contributed by atoms with E-state index in [2.05, 4.69) is 15.5 Å². The molecule has 0 bridgehead atoms. The third-order valence-corrected chi connectivity index (χ3v) is 5.31. The molecular formula is C20H16FN3O4S. The summed E-state index contributed by atoms with van der Waals surface area (Å²) < 4.78 is 24.0. The summed E-state index contributed by atoms with van der Waals surface area (Å²) in [7, 11) is 0. The number of amides is 1. The number of fused-ring (bicyclic) bond motifs is 1. The van der Waals surface area contributed by atoms with Crippen molar-refractivity contribution in [1.82, 2.24) is 10.2 Å². The molecular weight excluding hydrogens is 397 g/mol. The van der Waals surface area contributed by atoms with Crippen LogP contribution in [-0.2, 0) is 9.53 Å². The second-order valence-electron chi connectivity index (χ2n) is 6.36. The molecule has 0 unspecified atom stereocenters. The van der Waals surface area contributed by atoms with Crippen molar-refractivity contribution in [2.24, 2.45) is 0 Å². The summed E-state index contributed by atoms with van der Waals surface area (Å²) in [6, 6.07) is 10.6. The van der Waals surface area contributed by atoms with E-state index in [0.29, 0.717) is 29.0 Å². The van der Waals surface area contributed by atoms with Crippen molar-refractivity contribution in [1.29, 1.82) is 0 Å². The molecule has 148 valence electrons. The van der Waals surface area contributed by atoms with Crippen LogP contribution in [0.25, 0.3) is 11.5 Å². The Morgan fingerprint density at radius 2 is 2.03 bits per heavy atom. The molecule has 0 saturated heterocycles. The SMILES string of the molecule is C[C@H](OC(=O)c1ccc2c(c1)NC(=O)CCS2)c1nnc(-c2ccc(F)cc2)o1. The van der Waals surface area contributed by atoms with Gasteiger partial charge in [0.1, 0.15) is 5.82 Å². The zero-order valence-electron chi connectivity index (χ0n) is 15.3. The first-order chi connectivity index (χ1) is 14.0. The smallest absolute Gasteiger partial charge is 0.338 e. The number of esters is 1. The summed E-state index contributed by atoms with van der Waals surface area (Å²) in [4.78, 5) is 25.2. The molecule has 1 aliphatic rings. The number of halogens is 1. The number of hydrogen-bond donors (Lipinski definition) is 1. The highest BCUT2D eigenvalue weighted by Gasteiger charge is 2.22. The maximum absolute atomic E-state index is 13.0. The molecule has 29 heavy (non-hydrogen) atoms. The maximum Gasteiger partial charge on any atom is 0.338 e. The molecule has 3 aromatic rings. The lowest BCUT2D eigenvalue weighted by molar-refractivity contribution is -0.115. The lowest BCUT2D eigenvalue weighted by Gasteiger charge is -2.11. The van der Waals surface area contributed by atoms with Crippen molar-refractivity contribution in [2.75, 3.05) is 11.1 Å². The Morgan fingerprint density at radius 1 is 1.24 bits per heavy atom. The van der Waals surface area contributed by atoms with Crippen LogP contribution in [0.15, 0.2) is 51.8 Å². The Labute approximate surface area is 169 Å².